The largest absolute Gasteiger partial charge is 0.496 e. The molecule has 0 amide bonds. The molecule has 3 heterocycles. The van der Waals surface area contributed by atoms with Gasteiger partial charge in [-0.15, -0.1) is 0 Å². The van der Waals surface area contributed by atoms with Gasteiger partial charge in [-0.1, -0.05) is 29.8 Å². The first kappa shape index (κ1) is 20.0. The Kier molecular flexibility index (Phi) is 5.46. The van der Waals surface area contributed by atoms with E-state index in [1.54, 1.807) is 7.11 Å². The van der Waals surface area contributed by atoms with Crippen molar-refractivity contribution in [3.05, 3.63) is 70.3 Å². The number of nitrogen functional groups attached to an aromatic ring is 1. The molecule has 0 aliphatic heterocycles. The fourth-order valence-electron chi connectivity index (χ4n) is 3.64. The minimum Gasteiger partial charge on any atom is -0.496 e. The van der Waals surface area contributed by atoms with Gasteiger partial charge in [-0.05, 0) is 26.0 Å². The van der Waals surface area contributed by atoms with Crippen molar-refractivity contribution in [2.24, 2.45) is 0 Å². The van der Waals surface area contributed by atoms with Gasteiger partial charge < -0.3 is 20.4 Å². The van der Waals surface area contributed by atoms with Crippen LogP contribution in [-0.4, -0.2) is 26.6 Å². The van der Waals surface area contributed by atoms with Gasteiger partial charge in [-0.25, -0.2) is 4.98 Å². The Morgan fingerprint density at radius 2 is 1.93 bits per heavy atom. The Balaban J connectivity index is 1.75. The molecular formula is C22H23ClN6O. The summed E-state index contributed by atoms with van der Waals surface area (Å²) in [6.45, 7) is 5.07. The number of fused-ring (bicyclic) bond motifs is 1. The van der Waals surface area contributed by atoms with Gasteiger partial charge >= 0.3 is 0 Å². The third kappa shape index (κ3) is 3.76. The highest BCUT2D eigenvalue weighted by Crippen LogP contribution is 2.30. The maximum atomic E-state index is 6.46. The molecule has 0 saturated heterocycles. The Bertz CT molecular complexity index is 1210. The first-order valence-corrected chi connectivity index (χ1v) is 9.94. The molecule has 0 bridgehead atoms. The molecule has 0 fully saturated rings. The highest BCUT2D eigenvalue weighted by atomic mass is 35.5. The number of rotatable bonds is 6. The number of anilines is 2. The lowest BCUT2D eigenvalue weighted by atomic mass is 10.1. The van der Waals surface area contributed by atoms with Crippen LogP contribution in [0.15, 0.2) is 42.7 Å². The summed E-state index contributed by atoms with van der Waals surface area (Å²) in [5.41, 5.74) is 11.5. The summed E-state index contributed by atoms with van der Waals surface area (Å²) < 4.78 is 7.55. The van der Waals surface area contributed by atoms with Gasteiger partial charge in [0, 0.05) is 41.3 Å². The highest BCUT2D eigenvalue weighted by Gasteiger charge is 2.18. The number of aromatic nitrogens is 4. The van der Waals surface area contributed by atoms with Crippen molar-refractivity contribution in [1.82, 2.24) is 19.5 Å². The Labute approximate surface area is 179 Å². The van der Waals surface area contributed by atoms with Crippen molar-refractivity contribution < 1.29 is 4.74 Å². The number of ether oxygens (including phenoxy) is 1. The molecule has 0 atom stereocenters. The van der Waals surface area contributed by atoms with E-state index in [2.05, 4.69) is 20.3 Å². The number of benzene rings is 1. The van der Waals surface area contributed by atoms with E-state index in [4.69, 9.17) is 22.1 Å². The first-order valence-electron chi connectivity index (χ1n) is 9.56. The van der Waals surface area contributed by atoms with Crippen molar-refractivity contribution in [1.29, 1.82) is 0 Å². The average molecular weight is 423 g/mol. The van der Waals surface area contributed by atoms with Crippen LogP contribution in [0.25, 0.3) is 11.0 Å². The van der Waals surface area contributed by atoms with E-state index in [-0.39, 0.29) is 5.95 Å². The van der Waals surface area contributed by atoms with Gasteiger partial charge in [0.25, 0.3) is 0 Å². The van der Waals surface area contributed by atoms with Crippen molar-refractivity contribution in [3.63, 3.8) is 0 Å². The number of nitrogens with one attached hydrogen (secondary N) is 1. The minimum atomic E-state index is 0.139. The molecule has 154 valence electrons. The smallest absolute Gasteiger partial charge is 0.223 e. The molecule has 0 aliphatic rings. The molecule has 4 aromatic rings. The number of pyridine rings is 1. The summed E-state index contributed by atoms with van der Waals surface area (Å²) in [4.78, 5) is 13.2. The molecule has 0 saturated carbocycles. The molecule has 30 heavy (non-hydrogen) atoms. The minimum absolute atomic E-state index is 0.139. The molecule has 8 heteroatoms. The first-order chi connectivity index (χ1) is 14.5. The van der Waals surface area contributed by atoms with Crippen molar-refractivity contribution >= 4 is 34.3 Å². The lowest BCUT2D eigenvalue weighted by molar-refractivity contribution is 0.406. The Morgan fingerprint density at radius 1 is 1.17 bits per heavy atom. The van der Waals surface area contributed by atoms with E-state index in [1.807, 2.05) is 61.1 Å². The lowest BCUT2D eigenvalue weighted by Crippen LogP contribution is -2.07. The third-order valence-electron chi connectivity index (χ3n) is 5.09. The third-order valence-corrected chi connectivity index (χ3v) is 5.37. The van der Waals surface area contributed by atoms with E-state index >= 15 is 0 Å². The summed E-state index contributed by atoms with van der Waals surface area (Å²) in [5.74, 6) is 0.982. The van der Waals surface area contributed by atoms with Gasteiger partial charge in [0.1, 0.15) is 16.5 Å². The molecule has 0 unspecified atom stereocenters. The van der Waals surface area contributed by atoms with Crippen LogP contribution in [0.4, 0.5) is 11.6 Å². The molecule has 3 aromatic heterocycles. The van der Waals surface area contributed by atoms with Crippen molar-refractivity contribution in [2.45, 2.75) is 26.9 Å². The SMILES string of the molecule is COc1c(C)cnc(Cn2cc(CNc3ccccc3)c3c(Cl)nc(N)nc32)c1C. The van der Waals surface area contributed by atoms with Gasteiger partial charge in [0.15, 0.2) is 0 Å². The quantitative estimate of drug-likeness (QED) is 0.449. The van der Waals surface area contributed by atoms with Crippen LogP contribution in [0, 0.1) is 13.8 Å². The van der Waals surface area contributed by atoms with Crippen molar-refractivity contribution in [3.8, 4) is 5.75 Å². The zero-order valence-electron chi connectivity index (χ0n) is 17.1. The van der Waals surface area contributed by atoms with Crippen LogP contribution in [0.3, 0.4) is 0 Å². The second kappa shape index (κ2) is 8.20. The number of halogens is 1. The number of nitrogens with two attached hydrogens (primary N) is 1. The maximum absolute atomic E-state index is 6.46. The summed E-state index contributed by atoms with van der Waals surface area (Å²) in [7, 11) is 1.67. The second-order valence-corrected chi connectivity index (χ2v) is 7.48. The fraction of sp³-hybridized carbons (Fsp3) is 0.227. The summed E-state index contributed by atoms with van der Waals surface area (Å²) in [5, 5.41) is 4.54. The van der Waals surface area contributed by atoms with E-state index in [0.717, 1.165) is 39.2 Å². The zero-order chi connectivity index (χ0) is 21.3. The van der Waals surface area contributed by atoms with Crippen LogP contribution < -0.4 is 15.8 Å². The van der Waals surface area contributed by atoms with Crippen LogP contribution in [-0.2, 0) is 13.1 Å². The van der Waals surface area contributed by atoms with Gasteiger partial charge in [0.05, 0.1) is 24.7 Å². The summed E-state index contributed by atoms with van der Waals surface area (Å²) >= 11 is 6.46. The van der Waals surface area contributed by atoms with Gasteiger partial charge in [0.2, 0.25) is 5.95 Å². The van der Waals surface area contributed by atoms with E-state index in [0.29, 0.717) is 23.9 Å². The van der Waals surface area contributed by atoms with E-state index < -0.39 is 0 Å². The molecule has 0 radical (unpaired) electrons. The fourth-order valence-corrected chi connectivity index (χ4v) is 3.93. The Morgan fingerprint density at radius 3 is 2.67 bits per heavy atom. The van der Waals surface area contributed by atoms with E-state index in [1.165, 1.54) is 0 Å². The van der Waals surface area contributed by atoms with Gasteiger partial charge in [-0.2, -0.15) is 4.98 Å². The number of methoxy groups -OCH3 is 1. The van der Waals surface area contributed by atoms with Crippen LogP contribution >= 0.6 is 11.6 Å². The summed E-state index contributed by atoms with van der Waals surface area (Å²) in [6.07, 6.45) is 3.84. The molecule has 0 spiro atoms. The topological polar surface area (TPSA) is 90.9 Å². The molecule has 1 aromatic carbocycles. The molecule has 0 aliphatic carbocycles. The normalized spacial score (nSPS) is 11.1. The van der Waals surface area contributed by atoms with Crippen LogP contribution in [0.1, 0.15) is 22.4 Å². The average Bonchev–Trinajstić information content (AvgIpc) is 3.07. The monoisotopic (exact) mass is 422 g/mol. The molecule has 4 rings (SSSR count). The molecule has 7 nitrogen and oxygen atoms in total. The molecular weight excluding hydrogens is 400 g/mol. The maximum Gasteiger partial charge on any atom is 0.223 e. The lowest BCUT2D eigenvalue weighted by Gasteiger charge is -2.13. The standard InChI is InChI=1S/C22H23ClN6O/c1-13-9-26-17(14(2)19(13)30-3)12-29-11-15(10-25-16-7-5-4-6-8-16)18-20(23)27-22(24)28-21(18)29/h4-9,11,25H,10,12H2,1-3H3,(H2,24,27,28). The Hall–Kier alpha value is -3.32. The van der Waals surface area contributed by atoms with E-state index in [9.17, 15) is 0 Å². The number of nitrogens with zero attached hydrogens (tertiary/aromatic N) is 4. The zero-order valence-corrected chi connectivity index (χ0v) is 17.9. The number of hydrogen-bond donors (Lipinski definition) is 2. The predicted octanol–water partition coefficient (Wildman–Crippen LogP) is 4.35. The second-order valence-electron chi connectivity index (χ2n) is 7.12. The van der Waals surface area contributed by atoms with Crippen LogP contribution in [0.2, 0.25) is 5.15 Å². The number of para-hydroxylation sites is 1. The number of aryl methyl sites for hydroxylation is 1. The molecule has 3 N–H and O–H groups in total. The number of hydrogen-bond acceptors (Lipinski definition) is 6. The van der Waals surface area contributed by atoms with Gasteiger partial charge in [-0.3, -0.25) is 4.98 Å². The predicted molar refractivity (Wildman–Crippen MR) is 120 cm³/mol. The van der Waals surface area contributed by atoms with Crippen LogP contribution in [0.5, 0.6) is 5.75 Å². The highest BCUT2D eigenvalue weighted by molar-refractivity contribution is 6.34. The summed E-state index contributed by atoms with van der Waals surface area (Å²) in [6, 6.07) is 9.99. The van der Waals surface area contributed by atoms with Crippen molar-refractivity contribution in [2.75, 3.05) is 18.2 Å².